The first-order valence-corrected chi connectivity index (χ1v) is 14.8. The van der Waals surface area contributed by atoms with Crippen molar-refractivity contribution in [2.24, 2.45) is 0 Å². The minimum absolute atomic E-state index is 0.272. The van der Waals surface area contributed by atoms with E-state index in [1.807, 2.05) is 18.2 Å². The van der Waals surface area contributed by atoms with Crippen LogP contribution < -0.4 is 9.64 Å². The van der Waals surface area contributed by atoms with Gasteiger partial charge in [0.2, 0.25) is 0 Å². The molecule has 1 aliphatic carbocycles. The third-order valence-electron chi connectivity index (χ3n) is 8.63. The zero-order valence-electron chi connectivity index (χ0n) is 23.6. The summed E-state index contributed by atoms with van der Waals surface area (Å²) in [5.41, 5.74) is 6.30. The van der Waals surface area contributed by atoms with Crippen molar-refractivity contribution < 1.29 is 14.9 Å². The number of rotatable bonds is 10. The second kappa shape index (κ2) is 12.8. The highest BCUT2D eigenvalue weighted by Crippen LogP contribution is 2.40. The highest BCUT2D eigenvalue weighted by Gasteiger charge is 2.26. The van der Waals surface area contributed by atoms with E-state index in [1.54, 1.807) is 6.07 Å². The number of likely N-dealkylation sites (tertiary alicyclic amines) is 1. The molecule has 3 aromatic rings. The first-order chi connectivity index (χ1) is 19.0. The molecule has 0 saturated carbocycles. The molecule has 5 nitrogen and oxygen atoms in total. The minimum atomic E-state index is 0.272. The second-order valence-corrected chi connectivity index (χ2v) is 11.4. The predicted octanol–water partition coefficient (Wildman–Crippen LogP) is 6.69. The number of nitrogens with zero attached hydrogens (tertiary/aromatic N) is 2. The van der Waals surface area contributed by atoms with Gasteiger partial charge in [0.1, 0.15) is 23.9 Å². The largest absolute Gasteiger partial charge is 0.508 e. The van der Waals surface area contributed by atoms with Crippen LogP contribution in [0.15, 0.2) is 60.7 Å². The Balaban J connectivity index is 1.24. The average Bonchev–Trinajstić information content (AvgIpc) is 2.95. The molecule has 0 spiro atoms. The van der Waals surface area contributed by atoms with E-state index in [0.717, 1.165) is 56.8 Å². The summed E-state index contributed by atoms with van der Waals surface area (Å²) in [7, 11) is 0. The van der Waals surface area contributed by atoms with E-state index >= 15 is 0 Å². The lowest BCUT2D eigenvalue weighted by atomic mass is 9.79. The van der Waals surface area contributed by atoms with Crippen LogP contribution in [0.2, 0.25) is 0 Å². The minimum Gasteiger partial charge on any atom is -0.508 e. The lowest BCUT2D eigenvalue weighted by Gasteiger charge is -2.35. The Kier molecular flexibility index (Phi) is 8.98. The fourth-order valence-electron chi connectivity index (χ4n) is 6.50. The van der Waals surface area contributed by atoms with Crippen molar-refractivity contribution in [3.8, 4) is 17.2 Å². The van der Waals surface area contributed by atoms with E-state index in [4.69, 9.17) is 4.74 Å². The van der Waals surface area contributed by atoms with E-state index < -0.39 is 0 Å². The van der Waals surface area contributed by atoms with Gasteiger partial charge in [-0.2, -0.15) is 0 Å². The molecule has 1 saturated heterocycles. The molecule has 5 heteroatoms. The SMILES string of the molecule is CCN(c1cc(O)ccc1C1CCc2cc(O)ccc2C1)C(C)Cc1ccc(OCCN2CCCCC2)cc1. The highest BCUT2D eigenvalue weighted by molar-refractivity contribution is 5.60. The number of piperidine rings is 1. The molecule has 1 heterocycles. The third kappa shape index (κ3) is 6.88. The van der Waals surface area contributed by atoms with Crippen LogP contribution in [0.25, 0.3) is 0 Å². The lowest BCUT2D eigenvalue weighted by molar-refractivity contribution is 0.183. The predicted molar refractivity (Wildman–Crippen MR) is 159 cm³/mol. The fraction of sp³-hybridized carbons (Fsp3) is 0.471. The molecule has 2 N–H and O–H groups in total. The van der Waals surface area contributed by atoms with Crippen LogP contribution in [0, 0.1) is 0 Å². The molecule has 0 amide bonds. The van der Waals surface area contributed by atoms with Crippen LogP contribution in [-0.4, -0.2) is 53.9 Å². The van der Waals surface area contributed by atoms with Crippen molar-refractivity contribution in [3.63, 3.8) is 0 Å². The van der Waals surface area contributed by atoms with Crippen molar-refractivity contribution in [1.82, 2.24) is 4.90 Å². The van der Waals surface area contributed by atoms with Crippen LogP contribution in [0.3, 0.4) is 0 Å². The number of hydrogen-bond acceptors (Lipinski definition) is 5. The number of hydrogen-bond donors (Lipinski definition) is 2. The molecular weight excluding hydrogens is 484 g/mol. The number of ether oxygens (including phenoxy) is 1. The van der Waals surface area contributed by atoms with E-state index in [2.05, 4.69) is 60.0 Å². The summed E-state index contributed by atoms with van der Waals surface area (Å²) in [5.74, 6) is 1.99. The maximum atomic E-state index is 10.5. The number of likely N-dealkylation sites (N-methyl/N-ethyl adjacent to an activating group) is 1. The first kappa shape index (κ1) is 27.4. The van der Waals surface area contributed by atoms with Gasteiger partial charge >= 0.3 is 0 Å². The van der Waals surface area contributed by atoms with Crippen molar-refractivity contribution in [2.45, 2.75) is 70.8 Å². The molecule has 0 bridgehead atoms. The standard InChI is InChI=1S/C34H44N2O3/c1-3-36(25(2)21-26-7-14-32(15-8-26)39-20-19-35-17-5-4-6-18-35)34-24-31(38)13-16-33(34)29-10-9-28-23-30(37)12-11-27(28)22-29/h7-8,11-16,23-25,29,37-38H,3-6,9-10,17-22H2,1-2H3. The maximum Gasteiger partial charge on any atom is 0.119 e. The van der Waals surface area contributed by atoms with Gasteiger partial charge in [0.25, 0.3) is 0 Å². The van der Waals surface area contributed by atoms with Crippen LogP contribution in [0.5, 0.6) is 17.2 Å². The summed E-state index contributed by atoms with van der Waals surface area (Å²) in [4.78, 5) is 4.94. The number of aryl methyl sites for hydroxylation is 1. The number of fused-ring (bicyclic) bond motifs is 1. The van der Waals surface area contributed by atoms with Crippen LogP contribution in [0.1, 0.15) is 67.7 Å². The Labute approximate surface area is 234 Å². The fourth-order valence-corrected chi connectivity index (χ4v) is 6.50. The van der Waals surface area contributed by atoms with E-state index in [0.29, 0.717) is 17.4 Å². The molecule has 208 valence electrons. The summed E-state index contributed by atoms with van der Waals surface area (Å²) in [6, 6.07) is 20.5. The van der Waals surface area contributed by atoms with Gasteiger partial charge in [0.05, 0.1) is 0 Å². The summed E-state index contributed by atoms with van der Waals surface area (Å²) in [5, 5.41) is 20.3. The Bertz CT molecular complexity index is 1220. The van der Waals surface area contributed by atoms with Crippen LogP contribution >= 0.6 is 0 Å². The molecule has 2 atom stereocenters. The van der Waals surface area contributed by atoms with E-state index in [9.17, 15) is 10.2 Å². The average molecular weight is 529 g/mol. The Morgan fingerprint density at radius 1 is 0.923 bits per heavy atom. The smallest absolute Gasteiger partial charge is 0.119 e. The number of anilines is 1. The normalized spacial score (nSPS) is 18.4. The highest BCUT2D eigenvalue weighted by atomic mass is 16.5. The summed E-state index contributed by atoms with van der Waals surface area (Å²) in [6.07, 6.45) is 7.86. The first-order valence-electron chi connectivity index (χ1n) is 14.8. The van der Waals surface area contributed by atoms with Gasteiger partial charge in [-0.15, -0.1) is 0 Å². The number of aromatic hydroxyl groups is 2. The van der Waals surface area contributed by atoms with E-state index in [1.165, 1.54) is 54.6 Å². The molecule has 0 aromatic heterocycles. The van der Waals surface area contributed by atoms with Crippen molar-refractivity contribution in [1.29, 1.82) is 0 Å². The van der Waals surface area contributed by atoms with Gasteiger partial charge in [-0.3, -0.25) is 4.90 Å². The Hall–Kier alpha value is -3.18. The van der Waals surface area contributed by atoms with Crippen LogP contribution in [-0.2, 0) is 19.3 Å². The van der Waals surface area contributed by atoms with Crippen molar-refractivity contribution in [2.75, 3.05) is 37.7 Å². The lowest BCUT2D eigenvalue weighted by Crippen LogP contribution is -2.35. The van der Waals surface area contributed by atoms with Gasteiger partial charge in [0, 0.05) is 30.9 Å². The monoisotopic (exact) mass is 528 g/mol. The molecule has 3 aromatic carbocycles. The zero-order valence-corrected chi connectivity index (χ0v) is 23.6. The number of phenols is 2. The summed E-state index contributed by atoms with van der Waals surface area (Å²) in [6.45, 7) is 9.49. The maximum absolute atomic E-state index is 10.5. The molecule has 0 radical (unpaired) electrons. The number of benzene rings is 3. The summed E-state index contributed by atoms with van der Waals surface area (Å²) < 4.78 is 6.04. The molecule has 1 fully saturated rings. The van der Waals surface area contributed by atoms with Crippen LogP contribution in [0.4, 0.5) is 5.69 Å². The Morgan fingerprint density at radius 3 is 2.44 bits per heavy atom. The second-order valence-electron chi connectivity index (χ2n) is 11.4. The van der Waals surface area contributed by atoms with Gasteiger partial charge in [0.15, 0.2) is 0 Å². The summed E-state index contributed by atoms with van der Waals surface area (Å²) >= 11 is 0. The quantitative estimate of drug-likeness (QED) is 0.307. The molecular formula is C34H44N2O3. The molecule has 5 rings (SSSR count). The van der Waals surface area contributed by atoms with Crippen molar-refractivity contribution in [3.05, 3.63) is 82.9 Å². The molecule has 1 aliphatic heterocycles. The number of phenolic OH excluding ortho intramolecular Hbond substituents is 2. The van der Waals surface area contributed by atoms with Gasteiger partial charge < -0.3 is 19.8 Å². The Morgan fingerprint density at radius 2 is 1.67 bits per heavy atom. The van der Waals surface area contributed by atoms with E-state index in [-0.39, 0.29) is 6.04 Å². The molecule has 39 heavy (non-hydrogen) atoms. The van der Waals surface area contributed by atoms with Gasteiger partial charge in [-0.05, 0) is 124 Å². The molecule has 2 aliphatic rings. The topological polar surface area (TPSA) is 56.2 Å². The molecule has 2 unspecified atom stereocenters. The van der Waals surface area contributed by atoms with Gasteiger partial charge in [-0.25, -0.2) is 0 Å². The van der Waals surface area contributed by atoms with Crippen molar-refractivity contribution >= 4 is 5.69 Å². The third-order valence-corrected chi connectivity index (χ3v) is 8.63. The zero-order chi connectivity index (χ0) is 27.2. The van der Waals surface area contributed by atoms with Gasteiger partial charge in [-0.1, -0.05) is 30.7 Å².